The zero-order chi connectivity index (χ0) is 11.7. The van der Waals surface area contributed by atoms with Crippen molar-refractivity contribution in [3.05, 3.63) is 35.4 Å². The Morgan fingerprint density at radius 1 is 1.38 bits per heavy atom. The molecule has 0 aromatic carbocycles. The molecule has 4 nitrogen and oxygen atoms in total. The molecule has 2 aromatic rings. The maximum absolute atomic E-state index is 11.3. The molecule has 0 saturated heterocycles. The van der Waals surface area contributed by atoms with Crippen molar-refractivity contribution in [2.24, 2.45) is 0 Å². The molecule has 2 rings (SSSR count). The molecule has 2 heterocycles. The monoisotopic (exact) mass is 215 g/mol. The number of aromatic nitrogens is 3. The second-order valence-electron chi connectivity index (χ2n) is 3.81. The SMILES string of the molecule is CC(=O)c1nc(-c2ccncc2C)[nH]c1C. The van der Waals surface area contributed by atoms with Crippen LogP contribution < -0.4 is 0 Å². The van der Waals surface area contributed by atoms with Crippen LogP contribution in [0.4, 0.5) is 0 Å². The third kappa shape index (κ3) is 1.74. The van der Waals surface area contributed by atoms with Crippen molar-refractivity contribution >= 4 is 5.78 Å². The lowest BCUT2D eigenvalue weighted by molar-refractivity contribution is 0.101. The molecule has 0 fully saturated rings. The van der Waals surface area contributed by atoms with Gasteiger partial charge in [-0.25, -0.2) is 4.98 Å². The van der Waals surface area contributed by atoms with E-state index >= 15 is 0 Å². The number of rotatable bonds is 2. The highest BCUT2D eigenvalue weighted by Crippen LogP contribution is 2.20. The van der Waals surface area contributed by atoms with Crippen LogP contribution in [-0.2, 0) is 0 Å². The van der Waals surface area contributed by atoms with Crippen LogP contribution in [0.5, 0.6) is 0 Å². The summed E-state index contributed by atoms with van der Waals surface area (Å²) in [4.78, 5) is 22.8. The predicted octanol–water partition coefficient (Wildman–Crippen LogP) is 2.29. The maximum Gasteiger partial charge on any atom is 0.179 e. The van der Waals surface area contributed by atoms with E-state index in [9.17, 15) is 4.79 Å². The van der Waals surface area contributed by atoms with Gasteiger partial charge in [0.25, 0.3) is 0 Å². The van der Waals surface area contributed by atoms with Gasteiger partial charge in [-0.05, 0) is 25.5 Å². The van der Waals surface area contributed by atoms with E-state index in [2.05, 4.69) is 15.0 Å². The van der Waals surface area contributed by atoms with E-state index in [1.165, 1.54) is 6.92 Å². The fraction of sp³-hybridized carbons (Fsp3) is 0.250. The fourth-order valence-electron chi connectivity index (χ4n) is 1.67. The van der Waals surface area contributed by atoms with Crippen LogP contribution in [-0.4, -0.2) is 20.7 Å². The molecule has 82 valence electrons. The van der Waals surface area contributed by atoms with Gasteiger partial charge >= 0.3 is 0 Å². The van der Waals surface area contributed by atoms with Gasteiger partial charge in [0.1, 0.15) is 11.5 Å². The van der Waals surface area contributed by atoms with Gasteiger partial charge in [0.2, 0.25) is 0 Å². The van der Waals surface area contributed by atoms with Crippen molar-refractivity contribution in [3.8, 4) is 11.4 Å². The number of imidazole rings is 1. The number of nitrogens with one attached hydrogen (secondary N) is 1. The minimum absolute atomic E-state index is 0.0216. The average Bonchev–Trinajstić information content (AvgIpc) is 2.61. The summed E-state index contributed by atoms with van der Waals surface area (Å²) in [5.41, 5.74) is 3.32. The summed E-state index contributed by atoms with van der Waals surface area (Å²) in [6.45, 7) is 5.34. The van der Waals surface area contributed by atoms with E-state index in [-0.39, 0.29) is 5.78 Å². The highest BCUT2D eigenvalue weighted by Gasteiger charge is 2.12. The quantitative estimate of drug-likeness (QED) is 0.782. The molecule has 1 N–H and O–H groups in total. The van der Waals surface area contributed by atoms with E-state index in [0.29, 0.717) is 5.69 Å². The molecule has 0 atom stereocenters. The van der Waals surface area contributed by atoms with E-state index in [1.54, 1.807) is 12.4 Å². The molecular formula is C12H13N3O. The summed E-state index contributed by atoms with van der Waals surface area (Å²) in [7, 11) is 0. The van der Waals surface area contributed by atoms with Gasteiger partial charge in [0, 0.05) is 30.6 Å². The first-order valence-corrected chi connectivity index (χ1v) is 5.08. The Balaban J connectivity index is 2.54. The molecule has 0 aliphatic carbocycles. The van der Waals surface area contributed by atoms with Gasteiger partial charge in [0.15, 0.2) is 5.78 Å². The van der Waals surface area contributed by atoms with E-state index < -0.39 is 0 Å². The lowest BCUT2D eigenvalue weighted by atomic mass is 10.1. The molecule has 0 spiro atoms. The van der Waals surface area contributed by atoms with Gasteiger partial charge in [-0.3, -0.25) is 9.78 Å². The number of H-pyrrole nitrogens is 1. The van der Waals surface area contributed by atoms with Crippen LogP contribution in [0.15, 0.2) is 18.5 Å². The fourth-order valence-corrected chi connectivity index (χ4v) is 1.67. The van der Waals surface area contributed by atoms with Crippen LogP contribution in [0.2, 0.25) is 0 Å². The van der Waals surface area contributed by atoms with E-state index in [1.807, 2.05) is 19.9 Å². The van der Waals surface area contributed by atoms with Crippen molar-refractivity contribution in [2.75, 3.05) is 0 Å². The lowest BCUT2D eigenvalue weighted by Gasteiger charge is -1.99. The third-order valence-corrected chi connectivity index (χ3v) is 2.49. The van der Waals surface area contributed by atoms with E-state index in [0.717, 1.165) is 22.6 Å². The Morgan fingerprint density at radius 2 is 2.12 bits per heavy atom. The molecule has 2 aromatic heterocycles. The first-order chi connectivity index (χ1) is 7.59. The van der Waals surface area contributed by atoms with Crippen molar-refractivity contribution in [3.63, 3.8) is 0 Å². The second kappa shape index (κ2) is 3.89. The van der Waals surface area contributed by atoms with Crippen LogP contribution in [0.1, 0.15) is 28.7 Å². The summed E-state index contributed by atoms with van der Waals surface area (Å²) < 4.78 is 0. The van der Waals surface area contributed by atoms with Crippen molar-refractivity contribution < 1.29 is 4.79 Å². The Morgan fingerprint density at radius 3 is 2.69 bits per heavy atom. The summed E-state index contributed by atoms with van der Waals surface area (Å²) >= 11 is 0. The van der Waals surface area contributed by atoms with Crippen molar-refractivity contribution in [2.45, 2.75) is 20.8 Å². The third-order valence-electron chi connectivity index (χ3n) is 2.49. The molecule has 4 heteroatoms. The smallest absolute Gasteiger partial charge is 0.179 e. The number of pyridine rings is 1. The molecule has 16 heavy (non-hydrogen) atoms. The zero-order valence-electron chi connectivity index (χ0n) is 9.53. The van der Waals surface area contributed by atoms with Gasteiger partial charge in [-0.2, -0.15) is 0 Å². The summed E-state index contributed by atoms with van der Waals surface area (Å²) in [5, 5.41) is 0. The summed E-state index contributed by atoms with van der Waals surface area (Å²) in [6.07, 6.45) is 3.49. The van der Waals surface area contributed by atoms with Crippen LogP contribution in [0.3, 0.4) is 0 Å². The van der Waals surface area contributed by atoms with Crippen LogP contribution >= 0.6 is 0 Å². The standard InChI is InChI=1S/C12H13N3O/c1-7-6-13-5-4-10(7)12-14-8(2)11(15-12)9(3)16/h4-6H,1-3H3,(H,14,15). The molecule has 0 radical (unpaired) electrons. The predicted molar refractivity (Wildman–Crippen MR) is 61.3 cm³/mol. The van der Waals surface area contributed by atoms with Gasteiger partial charge in [0.05, 0.1) is 0 Å². The van der Waals surface area contributed by atoms with Gasteiger partial charge in [-0.1, -0.05) is 0 Å². The zero-order valence-corrected chi connectivity index (χ0v) is 9.53. The Labute approximate surface area is 93.8 Å². The first-order valence-electron chi connectivity index (χ1n) is 5.08. The number of aryl methyl sites for hydroxylation is 2. The molecule has 0 saturated carbocycles. The molecule has 0 amide bonds. The number of hydrogen-bond donors (Lipinski definition) is 1. The number of carbonyl (C=O) groups excluding carboxylic acids is 1. The number of Topliss-reactive ketones (excluding diaryl/α,β-unsaturated/α-hetero) is 1. The van der Waals surface area contributed by atoms with Gasteiger partial charge in [-0.15, -0.1) is 0 Å². The van der Waals surface area contributed by atoms with E-state index in [4.69, 9.17) is 0 Å². The van der Waals surface area contributed by atoms with Crippen LogP contribution in [0, 0.1) is 13.8 Å². The van der Waals surface area contributed by atoms with Crippen LogP contribution in [0.25, 0.3) is 11.4 Å². The Hall–Kier alpha value is -1.97. The van der Waals surface area contributed by atoms with Crippen molar-refractivity contribution in [1.29, 1.82) is 0 Å². The average molecular weight is 215 g/mol. The minimum Gasteiger partial charge on any atom is -0.341 e. The number of carbonyl (C=O) groups is 1. The van der Waals surface area contributed by atoms with Gasteiger partial charge < -0.3 is 4.98 Å². The summed E-state index contributed by atoms with van der Waals surface area (Å²) in [5.74, 6) is 0.703. The molecule has 0 unspecified atom stereocenters. The molecule has 0 bridgehead atoms. The number of nitrogens with zero attached hydrogens (tertiary/aromatic N) is 2. The highest BCUT2D eigenvalue weighted by atomic mass is 16.1. The summed E-state index contributed by atoms with van der Waals surface area (Å²) in [6, 6.07) is 1.89. The maximum atomic E-state index is 11.3. The van der Waals surface area contributed by atoms with Crippen molar-refractivity contribution in [1.82, 2.24) is 15.0 Å². The Kier molecular flexibility index (Phi) is 2.56. The second-order valence-corrected chi connectivity index (χ2v) is 3.81. The topological polar surface area (TPSA) is 58.6 Å². The lowest BCUT2D eigenvalue weighted by Crippen LogP contribution is -1.94. The first kappa shape index (κ1) is 10.5. The largest absolute Gasteiger partial charge is 0.341 e. The number of aromatic amines is 1. The minimum atomic E-state index is -0.0216. The number of hydrogen-bond acceptors (Lipinski definition) is 3. The molecular weight excluding hydrogens is 202 g/mol. The molecule has 0 aliphatic rings. The Bertz CT molecular complexity index is 543. The molecule has 0 aliphatic heterocycles. The number of ketones is 1. The highest BCUT2D eigenvalue weighted by molar-refractivity contribution is 5.93. The normalized spacial score (nSPS) is 10.4.